The van der Waals surface area contributed by atoms with Crippen LogP contribution in [0.5, 0.6) is 0 Å². The number of fused-ring (bicyclic) bond motifs is 3. The molecule has 0 amide bonds. The van der Waals surface area contributed by atoms with Crippen molar-refractivity contribution >= 4 is 22.7 Å². The number of benzene rings is 3. The Bertz CT molecular complexity index is 1060. The van der Waals surface area contributed by atoms with Gasteiger partial charge in [0.1, 0.15) is 0 Å². The number of aliphatic imine (C=N–C) groups is 1. The van der Waals surface area contributed by atoms with E-state index < -0.39 is 0 Å². The van der Waals surface area contributed by atoms with Crippen molar-refractivity contribution in [2.45, 2.75) is 12.5 Å². The Morgan fingerprint density at radius 2 is 1.44 bits per heavy atom. The van der Waals surface area contributed by atoms with E-state index in [1.807, 2.05) is 12.1 Å². The molecular formula is C22H17N3. The number of imidazole rings is 1. The van der Waals surface area contributed by atoms with Gasteiger partial charge < -0.3 is 4.57 Å². The third kappa shape index (κ3) is 2.36. The molecule has 0 bridgehead atoms. The molecule has 0 aliphatic carbocycles. The van der Waals surface area contributed by atoms with Crippen LogP contribution in [0.3, 0.4) is 0 Å². The van der Waals surface area contributed by atoms with E-state index in [2.05, 4.69) is 77.4 Å². The maximum absolute atomic E-state index is 4.90. The highest BCUT2D eigenvalue weighted by Gasteiger charge is 2.27. The molecule has 5 rings (SSSR count). The second kappa shape index (κ2) is 5.71. The SMILES string of the molecule is c1ccc(C2=Nc3nc4ccccc4n3[C@@H](c3ccccc3)C2)cc1. The molecule has 1 atom stereocenters. The van der Waals surface area contributed by atoms with Gasteiger partial charge in [-0.25, -0.2) is 9.98 Å². The van der Waals surface area contributed by atoms with Gasteiger partial charge in [0, 0.05) is 6.42 Å². The summed E-state index contributed by atoms with van der Waals surface area (Å²) in [5, 5.41) is 0. The standard InChI is InChI=1S/C22H17N3/c1-3-9-16(10-4-1)19-15-21(17-11-5-2-6-12-17)25-20-14-8-7-13-18(20)23-22(25)24-19/h1-14,21H,15H2/t21-/m1/s1. The second-order valence-corrected chi connectivity index (χ2v) is 6.33. The molecular weight excluding hydrogens is 306 g/mol. The molecule has 0 unspecified atom stereocenters. The fourth-order valence-corrected chi connectivity index (χ4v) is 3.61. The Hall–Kier alpha value is -3.20. The third-order valence-electron chi connectivity index (χ3n) is 4.80. The summed E-state index contributed by atoms with van der Waals surface area (Å²) < 4.78 is 2.27. The number of hydrogen-bond donors (Lipinski definition) is 0. The molecule has 0 saturated carbocycles. The molecule has 0 radical (unpaired) electrons. The maximum atomic E-state index is 4.90. The Morgan fingerprint density at radius 1 is 0.760 bits per heavy atom. The molecule has 0 fully saturated rings. The minimum absolute atomic E-state index is 0.205. The molecule has 120 valence electrons. The third-order valence-corrected chi connectivity index (χ3v) is 4.80. The summed E-state index contributed by atoms with van der Waals surface area (Å²) in [5.74, 6) is 0.792. The molecule has 2 heterocycles. The Kier molecular flexibility index (Phi) is 3.23. The van der Waals surface area contributed by atoms with Crippen LogP contribution in [0, 0.1) is 0 Å². The molecule has 3 aromatic carbocycles. The predicted octanol–water partition coefficient (Wildman–Crippen LogP) is 5.15. The summed E-state index contributed by atoms with van der Waals surface area (Å²) in [6, 6.07) is 29.5. The minimum Gasteiger partial charge on any atom is -0.300 e. The molecule has 3 nitrogen and oxygen atoms in total. The summed E-state index contributed by atoms with van der Waals surface area (Å²) in [5.41, 5.74) is 5.69. The maximum Gasteiger partial charge on any atom is 0.231 e. The highest BCUT2D eigenvalue weighted by molar-refractivity contribution is 6.03. The average molecular weight is 323 g/mol. The topological polar surface area (TPSA) is 30.2 Å². The van der Waals surface area contributed by atoms with Crippen molar-refractivity contribution in [3.05, 3.63) is 96.1 Å². The van der Waals surface area contributed by atoms with E-state index in [9.17, 15) is 0 Å². The van der Waals surface area contributed by atoms with Crippen molar-refractivity contribution < 1.29 is 0 Å². The summed E-state index contributed by atoms with van der Waals surface area (Å²) in [6.45, 7) is 0. The smallest absolute Gasteiger partial charge is 0.231 e. The zero-order valence-electron chi connectivity index (χ0n) is 13.7. The number of rotatable bonds is 2. The van der Waals surface area contributed by atoms with Crippen LogP contribution in [-0.4, -0.2) is 15.3 Å². The molecule has 1 aliphatic heterocycles. The van der Waals surface area contributed by atoms with E-state index in [4.69, 9.17) is 9.98 Å². The van der Waals surface area contributed by atoms with E-state index in [1.54, 1.807) is 0 Å². The summed E-state index contributed by atoms with van der Waals surface area (Å²) in [6.07, 6.45) is 0.862. The quantitative estimate of drug-likeness (QED) is 0.502. The van der Waals surface area contributed by atoms with Gasteiger partial charge in [-0.3, -0.25) is 0 Å². The molecule has 25 heavy (non-hydrogen) atoms. The van der Waals surface area contributed by atoms with Gasteiger partial charge in [-0.1, -0.05) is 72.8 Å². The van der Waals surface area contributed by atoms with Crippen LogP contribution in [-0.2, 0) is 0 Å². The Labute approximate surface area is 146 Å². The van der Waals surface area contributed by atoms with Crippen molar-refractivity contribution in [1.29, 1.82) is 0 Å². The van der Waals surface area contributed by atoms with Crippen LogP contribution in [0.25, 0.3) is 11.0 Å². The van der Waals surface area contributed by atoms with Gasteiger partial charge in [-0.15, -0.1) is 0 Å². The lowest BCUT2D eigenvalue weighted by Crippen LogP contribution is -2.20. The van der Waals surface area contributed by atoms with Crippen molar-refractivity contribution in [1.82, 2.24) is 9.55 Å². The number of nitrogens with zero attached hydrogens (tertiary/aromatic N) is 3. The highest BCUT2D eigenvalue weighted by Crippen LogP contribution is 2.37. The average Bonchev–Trinajstić information content (AvgIpc) is 3.07. The van der Waals surface area contributed by atoms with Crippen molar-refractivity contribution in [3.63, 3.8) is 0 Å². The fourth-order valence-electron chi connectivity index (χ4n) is 3.61. The zero-order chi connectivity index (χ0) is 16.6. The van der Waals surface area contributed by atoms with E-state index in [-0.39, 0.29) is 6.04 Å². The molecule has 1 aromatic heterocycles. The first-order valence-corrected chi connectivity index (χ1v) is 8.55. The van der Waals surface area contributed by atoms with Crippen molar-refractivity contribution in [2.24, 2.45) is 4.99 Å². The monoisotopic (exact) mass is 323 g/mol. The van der Waals surface area contributed by atoms with Gasteiger partial charge in [-0.05, 0) is 23.3 Å². The molecule has 0 saturated heterocycles. The first-order chi connectivity index (χ1) is 12.4. The molecule has 1 aliphatic rings. The van der Waals surface area contributed by atoms with Crippen LogP contribution in [0.15, 0.2) is 89.9 Å². The van der Waals surface area contributed by atoms with E-state index >= 15 is 0 Å². The highest BCUT2D eigenvalue weighted by atomic mass is 15.2. The normalized spacial score (nSPS) is 16.5. The van der Waals surface area contributed by atoms with Gasteiger partial charge >= 0.3 is 0 Å². The molecule has 4 aromatic rings. The van der Waals surface area contributed by atoms with Gasteiger partial charge in [0.2, 0.25) is 5.95 Å². The summed E-state index contributed by atoms with van der Waals surface area (Å²) in [4.78, 5) is 9.68. The van der Waals surface area contributed by atoms with Crippen LogP contribution in [0.1, 0.15) is 23.6 Å². The largest absolute Gasteiger partial charge is 0.300 e. The van der Waals surface area contributed by atoms with Gasteiger partial charge in [-0.2, -0.15) is 0 Å². The Morgan fingerprint density at radius 3 is 2.24 bits per heavy atom. The van der Waals surface area contributed by atoms with Crippen LogP contribution < -0.4 is 0 Å². The van der Waals surface area contributed by atoms with Gasteiger partial charge in [0.15, 0.2) is 0 Å². The minimum atomic E-state index is 0.205. The second-order valence-electron chi connectivity index (χ2n) is 6.33. The number of hydrogen-bond acceptors (Lipinski definition) is 2. The van der Waals surface area contributed by atoms with Crippen molar-refractivity contribution in [3.8, 4) is 0 Å². The van der Waals surface area contributed by atoms with Crippen LogP contribution in [0.4, 0.5) is 5.95 Å². The lowest BCUT2D eigenvalue weighted by molar-refractivity contribution is 0.612. The molecule has 3 heteroatoms. The molecule has 0 spiro atoms. The summed E-state index contributed by atoms with van der Waals surface area (Å²) >= 11 is 0. The first kappa shape index (κ1) is 14.2. The lowest BCUT2D eigenvalue weighted by atomic mass is 9.95. The molecule has 0 N–H and O–H groups in total. The summed E-state index contributed by atoms with van der Waals surface area (Å²) in [7, 11) is 0. The lowest BCUT2D eigenvalue weighted by Gasteiger charge is -2.26. The number of para-hydroxylation sites is 2. The fraction of sp³-hybridized carbons (Fsp3) is 0.0909. The van der Waals surface area contributed by atoms with Crippen LogP contribution in [0.2, 0.25) is 0 Å². The number of aromatic nitrogens is 2. The predicted molar refractivity (Wildman–Crippen MR) is 102 cm³/mol. The zero-order valence-corrected chi connectivity index (χ0v) is 13.7. The van der Waals surface area contributed by atoms with Gasteiger partial charge in [0.05, 0.1) is 22.8 Å². The van der Waals surface area contributed by atoms with E-state index in [0.29, 0.717) is 0 Å². The van der Waals surface area contributed by atoms with E-state index in [0.717, 1.165) is 29.1 Å². The van der Waals surface area contributed by atoms with Gasteiger partial charge in [0.25, 0.3) is 0 Å². The van der Waals surface area contributed by atoms with Crippen molar-refractivity contribution in [2.75, 3.05) is 0 Å². The van der Waals surface area contributed by atoms with E-state index in [1.165, 1.54) is 11.1 Å². The van der Waals surface area contributed by atoms with Crippen LogP contribution >= 0.6 is 0 Å². The first-order valence-electron chi connectivity index (χ1n) is 8.55. The Balaban J connectivity index is 1.75.